The number of benzene rings is 2. The molecule has 0 saturated carbocycles. The Morgan fingerprint density at radius 1 is 0.800 bits per heavy atom. The summed E-state index contributed by atoms with van der Waals surface area (Å²) in [7, 11) is 0. The van der Waals surface area contributed by atoms with Gasteiger partial charge in [0.15, 0.2) is 0 Å². The van der Waals surface area contributed by atoms with E-state index in [-0.39, 0.29) is 11.4 Å². The predicted molar refractivity (Wildman–Crippen MR) is 77.9 cm³/mol. The highest BCUT2D eigenvalue weighted by Crippen LogP contribution is 2.25. The highest BCUT2D eigenvalue weighted by Gasteiger charge is 2.07. The maximum Gasteiger partial charge on any atom is 0.249 e. The summed E-state index contributed by atoms with van der Waals surface area (Å²) in [6.07, 6.45) is 0. The molecule has 0 aliphatic heterocycles. The minimum absolute atomic E-state index is 0.246. The van der Waals surface area contributed by atoms with E-state index in [2.05, 4.69) is 4.98 Å². The lowest BCUT2D eigenvalue weighted by Crippen LogP contribution is -2.06. The second kappa shape index (κ2) is 5.13. The molecule has 2 nitrogen and oxygen atoms in total. The standard InChI is InChI=1S/C17H12FNO/c18-15-9-5-4-8-14(15)13-10-16(19-17(20)11-13)12-6-2-1-3-7-12/h1-11H,(H,19,20). The highest BCUT2D eigenvalue weighted by molar-refractivity contribution is 5.70. The third-order valence-corrected chi connectivity index (χ3v) is 3.11. The van der Waals surface area contributed by atoms with E-state index in [1.807, 2.05) is 30.3 Å². The van der Waals surface area contributed by atoms with Gasteiger partial charge in [-0.15, -0.1) is 0 Å². The molecule has 0 bridgehead atoms. The van der Waals surface area contributed by atoms with E-state index >= 15 is 0 Å². The van der Waals surface area contributed by atoms with Gasteiger partial charge in [-0.3, -0.25) is 4.79 Å². The van der Waals surface area contributed by atoms with Crippen LogP contribution in [0.15, 0.2) is 71.5 Å². The summed E-state index contributed by atoms with van der Waals surface area (Å²) in [5.74, 6) is -0.336. The van der Waals surface area contributed by atoms with Crippen molar-refractivity contribution in [2.24, 2.45) is 0 Å². The minimum atomic E-state index is -0.336. The fraction of sp³-hybridized carbons (Fsp3) is 0. The molecular weight excluding hydrogens is 253 g/mol. The Balaban J connectivity index is 2.18. The zero-order chi connectivity index (χ0) is 13.9. The van der Waals surface area contributed by atoms with Crippen molar-refractivity contribution in [1.29, 1.82) is 0 Å². The molecule has 3 heteroatoms. The van der Waals surface area contributed by atoms with Crippen LogP contribution in [-0.2, 0) is 0 Å². The molecule has 20 heavy (non-hydrogen) atoms. The minimum Gasteiger partial charge on any atom is -0.322 e. The number of H-pyrrole nitrogens is 1. The Kier molecular flexibility index (Phi) is 3.17. The van der Waals surface area contributed by atoms with Crippen LogP contribution in [0.1, 0.15) is 0 Å². The molecule has 1 aromatic heterocycles. The van der Waals surface area contributed by atoms with Gasteiger partial charge in [-0.05, 0) is 23.3 Å². The monoisotopic (exact) mass is 265 g/mol. The molecule has 1 N–H and O–H groups in total. The second-order valence-electron chi connectivity index (χ2n) is 4.49. The lowest BCUT2D eigenvalue weighted by atomic mass is 10.0. The average molecular weight is 265 g/mol. The molecule has 98 valence electrons. The number of aromatic nitrogens is 1. The van der Waals surface area contributed by atoms with E-state index in [4.69, 9.17) is 0 Å². The van der Waals surface area contributed by atoms with Crippen molar-refractivity contribution in [1.82, 2.24) is 4.98 Å². The Morgan fingerprint density at radius 3 is 2.25 bits per heavy atom. The summed E-state index contributed by atoms with van der Waals surface area (Å²) in [5.41, 5.74) is 2.32. The summed E-state index contributed by atoms with van der Waals surface area (Å²) in [5, 5.41) is 0. The number of nitrogens with one attached hydrogen (secondary N) is 1. The summed E-state index contributed by atoms with van der Waals surface area (Å²) >= 11 is 0. The SMILES string of the molecule is O=c1cc(-c2ccccc2F)cc(-c2ccccc2)[nH]1. The van der Waals surface area contributed by atoms with Crippen molar-refractivity contribution in [2.45, 2.75) is 0 Å². The summed E-state index contributed by atoms with van der Waals surface area (Å²) < 4.78 is 13.8. The Bertz CT molecular complexity index is 793. The predicted octanol–water partition coefficient (Wildman–Crippen LogP) is 3.85. The summed E-state index contributed by atoms with van der Waals surface area (Å²) in [6, 6.07) is 19.1. The lowest BCUT2D eigenvalue weighted by molar-refractivity contribution is 0.631. The van der Waals surface area contributed by atoms with Crippen molar-refractivity contribution < 1.29 is 4.39 Å². The number of aromatic amines is 1. The molecule has 0 radical (unpaired) electrons. The van der Waals surface area contributed by atoms with Gasteiger partial charge in [-0.1, -0.05) is 48.5 Å². The molecular formula is C17H12FNO. The Labute approximate surface area is 115 Å². The van der Waals surface area contributed by atoms with Crippen LogP contribution >= 0.6 is 0 Å². The molecule has 0 amide bonds. The van der Waals surface area contributed by atoms with E-state index in [9.17, 15) is 9.18 Å². The van der Waals surface area contributed by atoms with Gasteiger partial charge in [0.05, 0.1) is 0 Å². The third-order valence-electron chi connectivity index (χ3n) is 3.11. The van der Waals surface area contributed by atoms with Gasteiger partial charge in [0, 0.05) is 17.3 Å². The van der Waals surface area contributed by atoms with Crippen molar-refractivity contribution in [3.8, 4) is 22.4 Å². The molecule has 1 heterocycles. The molecule has 3 aromatic rings. The van der Waals surface area contributed by atoms with Crippen LogP contribution in [-0.4, -0.2) is 4.98 Å². The normalized spacial score (nSPS) is 10.4. The number of halogens is 1. The van der Waals surface area contributed by atoms with Crippen LogP contribution in [0.3, 0.4) is 0 Å². The second-order valence-corrected chi connectivity index (χ2v) is 4.49. The fourth-order valence-electron chi connectivity index (χ4n) is 2.17. The molecule has 0 aliphatic rings. The molecule has 0 saturated heterocycles. The van der Waals surface area contributed by atoms with Crippen LogP contribution in [0.25, 0.3) is 22.4 Å². The fourth-order valence-corrected chi connectivity index (χ4v) is 2.17. The van der Waals surface area contributed by atoms with Crippen LogP contribution in [0.5, 0.6) is 0 Å². The smallest absolute Gasteiger partial charge is 0.249 e. The zero-order valence-electron chi connectivity index (χ0n) is 10.6. The summed E-state index contributed by atoms with van der Waals surface area (Å²) in [6.45, 7) is 0. The van der Waals surface area contributed by atoms with E-state index in [1.54, 1.807) is 24.3 Å². The quantitative estimate of drug-likeness (QED) is 0.750. The summed E-state index contributed by atoms with van der Waals surface area (Å²) in [4.78, 5) is 14.6. The molecule has 0 unspecified atom stereocenters. The van der Waals surface area contributed by atoms with E-state index in [0.29, 0.717) is 16.8 Å². The van der Waals surface area contributed by atoms with Crippen molar-refractivity contribution >= 4 is 0 Å². The Hall–Kier alpha value is -2.68. The number of rotatable bonds is 2. The van der Waals surface area contributed by atoms with Crippen LogP contribution in [0, 0.1) is 5.82 Å². The molecule has 0 atom stereocenters. The number of hydrogen-bond donors (Lipinski definition) is 1. The van der Waals surface area contributed by atoms with E-state index in [1.165, 1.54) is 12.1 Å². The van der Waals surface area contributed by atoms with Gasteiger partial charge in [0.25, 0.3) is 0 Å². The first-order chi connectivity index (χ1) is 9.74. The molecule has 0 fully saturated rings. The first kappa shape index (κ1) is 12.4. The van der Waals surface area contributed by atoms with Gasteiger partial charge in [-0.25, -0.2) is 4.39 Å². The molecule has 0 aliphatic carbocycles. The Morgan fingerprint density at radius 2 is 1.50 bits per heavy atom. The van der Waals surface area contributed by atoms with Crippen molar-refractivity contribution in [3.05, 3.63) is 82.9 Å². The van der Waals surface area contributed by atoms with Gasteiger partial charge in [0.1, 0.15) is 5.82 Å². The maximum absolute atomic E-state index is 13.8. The van der Waals surface area contributed by atoms with E-state index < -0.39 is 0 Å². The maximum atomic E-state index is 13.8. The van der Waals surface area contributed by atoms with E-state index in [0.717, 1.165) is 5.56 Å². The van der Waals surface area contributed by atoms with Crippen LogP contribution < -0.4 is 5.56 Å². The largest absolute Gasteiger partial charge is 0.322 e. The highest BCUT2D eigenvalue weighted by atomic mass is 19.1. The lowest BCUT2D eigenvalue weighted by Gasteiger charge is -2.06. The molecule has 2 aromatic carbocycles. The van der Waals surface area contributed by atoms with Gasteiger partial charge in [-0.2, -0.15) is 0 Å². The molecule has 0 spiro atoms. The van der Waals surface area contributed by atoms with Gasteiger partial charge < -0.3 is 4.98 Å². The average Bonchev–Trinajstić information content (AvgIpc) is 2.48. The first-order valence-corrected chi connectivity index (χ1v) is 6.29. The number of pyridine rings is 1. The van der Waals surface area contributed by atoms with Crippen molar-refractivity contribution in [3.63, 3.8) is 0 Å². The van der Waals surface area contributed by atoms with Crippen LogP contribution in [0.4, 0.5) is 4.39 Å². The third kappa shape index (κ3) is 2.38. The first-order valence-electron chi connectivity index (χ1n) is 6.29. The molecule has 3 rings (SSSR count). The van der Waals surface area contributed by atoms with Crippen LogP contribution in [0.2, 0.25) is 0 Å². The van der Waals surface area contributed by atoms with Crippen molar-refractivity contribution in [2.75, 3.05) is 0 Å². The zero-order valence-corrected chi connectivity index (χ0v) is 10.6. The van der Waals surface area contributed by atoms with Gasteiger partial charge >= 0.3 is 0 Å². The number of hydrogen-bond acceptors (Lipinski definition) is 1. The van der Waals surface area contributed by atoms with Gasteiger partial charge in [0.2, 0.25) is 5.56 Å². The topological polar surface area (TPSA) is 32.9 Å².